The van der Waals surface area contributed by atoms with Crippen LogP contribution < -0.4 is 5.32 Å². The first-order valence-electron chi connectivity index (χ1n) is 10.1. The van der Waals surface area contributed by atoms with E-state index in [2.05, 4.69) is 53.5 Å². The number of nitrogens with one attached hydrogen (secondary N) is 1. The minimum atomic E-state index is -0.0420. The summed E-state index contributed by atoms with van der Waals surface area (Å²) in [5.74, 6) is 0.246. The van der Waals surface area contributed by atoms with Gasteiger partial charge >= 0.3 is 0 Å². The van der Waals surface area contributed by atoms with Crippen LogP contribution in [0.1, 0.15) is 25.0 Å². The average Bonchev–Trinajstić information content (AvgIpc) is 3.23. The van der Waals surface area contributed by atoms with E-state index in [1.807, 2.05) is 41.0 Å². The SMILES string of the molecule is CCc1ccc(-c2cc3c(SCC(=O)Nc4ccccc4CC)nccn3n2)cc1. The first kappa shape index (κ1) is 20.2. The van der Waals surface area contributed by atoms with Crippen molar-refractivity contribution in [3.8, 4) is 11.3 Å². The van der Waals surface area contributed by atoms with Gasteiger partial charge in [0, 0.05) is 23.6 Å². The van der Waals surface area contributed by atoms with Crippen molar-refractivity contribution in [2.24, 2.45) is 0 Å². The first-order valence-corrected chi connectivity index (χ1v) is 11.1. The highest BCUT2D eigenvalue weighted by atomic mass is 32.2. The summed E-state index contributed by atoms with van der Waals surface area (Å²) in [6.45, 7) is 4.23. The molecule has 0 saturated heterocycles. The molecule has 0 aliphatic carbocycles. The highest BCUT2D eigenvalue weighted by Crippen LogP contribution is 2.26. The number of carbonyl (C=O) groups is 1. The van der Waals surface area contributed by atoms with Crippen LogP contribution in [0.4, 0.5) is 5.69 Å². The number of thioether (sulfide) groups is 1. The fraction of sp³-hybridized carbons (Fsp3) is 0.208. The molecule has 2 aromatic heterocycles. The summed E-state index contributed by atoms with van der Waals surface area (Å²) in [5.41, 5.74) is 6.18. The molecule has 0 unspecified atom stereocenters. The number of hydrogen-bond donors (Lipinski definition) is 1. The van der Waals surface area contributed by atoms with Crippen LogP contribution in [-0.2, 0) is 17.6 Å². The zero-order chi connectivity index (χ0) is 20.9. The maximum atomic E-state index is 12.5. The fourth-order valence-corrected chi connectivity index (χ4v) is 4.11. The van der Waals surface area contributed by atoms with Crippen LogP contribution >= 0.6 is 11.8 Å². The Kier molecular flexibility index (Phi) is 6.14. The Morgan fingerprint density at radius 1 is 1.07 bits per heavy atom. The summed E-state index contributed by atoms with van der Waals surface area (Å²) in [4.78, 5) is 17.0. The molecule has 4 aromatic rings. The second-order valence-electron chi connectivity index (χ2n) is 6.99. The number of benzene rings is 2. The number of rotatable bonds is 7. The lowest BCUT2D eigenvalue weighted by atomic mass is 10.1. The quantitative estimate of drug-likeness (QED) is 0.418. The van der Waals surface area contributed by atoms with E-state index in [1.165, 1.54) is 17.3 Å². The molecule has 6 heteroatoms. The maximum Gasteiger partial charge on any atom is 0.234 e. The van der Waals surface area contributed by atoms with E-state index in [1.54, 1.807) is 6.20 Å². The molecule has 4 rings (SSSR count). The summed E-state index contributed by atoms with van der Waals surface area (Å²) in [7, 11) is 0. The highest BCUT2D eigenvalue weighted by Gasteiger charge is 2.12. The van der Waals surface area contributed by atoms with Gasteiger partial charge in [0.25, 0.3) is 0 Å². The molecule has 5 nitrogen and oxygen atoms in total. The number of anilines is 1. The van der Waals surface area contributed by atoms with Gasteiger partial charge in [0.15, 0.2) is 0 Å². The highest BCUT2D eigenvalue weighted by molar-refractivity contribution is 8.00. The van der Waals surface area contributed by atoms with E-state index >= 15 is 0 Å². The summed E-state index contributed by atoms with van der Waals surface area (Å²) in [6.07, 6.45) is 5.45. The molecule has 0 aliphatic rings. The Bertz CT molecular complexity index is 1170. The molecular weight excluding hydrogens is 392 g/mol. The molecule has 0 radical (unpaired) electrons. The lowest BCUT2D eigenvalue weighted by molar-refractivity contribution is -0.113. The van der Waals surface area contributed by atoms with Gasteiger partial charge in [0.1, 0.15) is 5.03 Å². The van der Waals surface area contributed by atoms with Gasteiger partial charge in [0.2, 0.25) is 5.91 Å². The summed E-state index contributed by atoms with van der Waals surface area (Å²) in [6, 6.07) is 18.4. The Hall–Kier alpha value is -3.12. The molecule has 0 fully saturated rings. The Labute approximate surface area is 180 Å². The van der Waals surface area contributed by atoms with Gasteiger partial charge in [-0.1, -0.05) is 68.1 Å². The van der Waals surface area contributed by atoms with Gasteiger partial charge in [-0.15, -0.1) is 0 Å². The Morgan fingerprint density at radius 3 is 2.63 bits per heavy atom. The number of aryl methyl sites for hydroxylation is 2. The van der Waals surface area contributed by atoms with Gasteiger partial charge in [0.05, 0.1) is 17.0 Å². The lowest BCUT2D eigenvalue weighted by Crippen LogP contribution is -2.15. The van der Waals surface area contributed by atoms with Crippen LogP contribution in [-0.4, -0.2) is 26.3 Å². The lowest BCUT2D eigenvalue weighted by Gasteiger charge is -2.09. The molecule has 152 valence electrons. The number of para-hydroxylation sites is 1. The molecule has 0 atom stereocenters. The second-order valence-corrected chi connectivity index (χ2v) is 7.95. The molecule has 0 saturated carbocycles. The molecule has 0 aliphatic heterocycles. The van der Waals surface area contributed by atoms with Crippen molar-refractivity contribution in [3.63, 3.8) is 0 Å². The van der Waals surface area contributed by atoms with Crippen molar-refractivity contribution < 1.29 is 4.79 Å². The third-order valence-electron chi connectivity index (χ3n) is 5.02. The van der Waals surface area contributed by atoms with Crippen molar-refractivity contribution in [1.29, 1.82) is 0 Å². The van der Waals surface area contributed by atoms with E-state index in [-0.39, 0.29) is 11.7 Å². The molecule has 1 amide bonds. The summed E-state index contributed by atoms with van der Waals surface area (Å²) >= 11 is 1.42. The Balaban J connectivity index is 1.50. The largest absolute Gasteiger partial charge is 0.325 e. The monoisotopic (exact) mass is 416 g/mol. The predicted octanol–water partition coefficient (Wildman–Crippen LogP) is 5.25. The summed E-state index contributed by atoms with van der Waals surface area (Å²) in [5, 5.41) is 8.48. The van der Waals surface area contributed by atoms with E-state index in [9.17, 15) is 4.79 Å². The molecule has 2 heterocycles. The zero-order valence-corrected chi connectivity index (χ0v) is 17.9. The van der Waals surface area contributed by atoms with E-state index in [0.29, 0.717) is 0 Å². The van der Waals surface area contributed by atoms with Crippen LogP contribution in [0, 0.1) is 0 Å². The molecular formula is C24H24N4OS. The minimum Gasteiger partial charge on any atom is -0.325 e. The fourth-order valence-electron chi connectivity index (χ4n) is 3.33. The van der Waals surface area contributed by atoms with Gasteiger partial charge in [-0.3, -0.25) is 4.79 Å². The third kappa shape index (κ3) is 4.39. The van der Waals surface area contributed by atoms with Crippen molar-refractivity contribution in [3.05, 3.63) is 78.1 Å². The van der Waals surface area contributed by atoms with Crippen molar-refractivity contribution in [2.45, 2.75) is 31.7 Å². The van der Waals surface area contributed by atoms with E-state index < -0.39 is 0 Å². The predicted molar refractivity (Wildman–Crippen MR) is 123 cm³/mol. The first-order chi connectivity index (χ1) is 14.7. The van der Waals surface area contributed by atoms with Crippen LogP contribution in [0.5, 0.6) is 0 Å². The van der Waals surface area contributed by atoms with Crippen LogP contribution in [0.3, 0.4) is 0 Å². The molecule has 2 aromatic carbocycles. The van der Waals surface area contributed by atoms with E-state index in [4.69, 9.17) is 0 Å². The number of nitrogens with zero attached hydrogens (tertiary/aromatic N) is 3. The van der Waals surface area contributed by atoms with Crippen molar-refractivity contribution in [1.82, 2.24) is 14.6 Å². The summed E-state index contributed by atoms with van der Waals surface area (Å²) < 4.78 is 1.82. The molecule has 0 spiro atoms. The van der Waals surface area contributed by atoms with Gasteiger partial charge < -0.3 is 5.32 Å². The Morgan fingerprint density at radius 2 is 1.87 bits per heavy atom. The second kappa shape index (κ2) is 9.13. The maximum absolute atomic E-state index is 12.5. The smallest absolute Gasteiger partial charge is 0.234 e. The zero-order valence-electron chi connectivity index (χ0n) is 17.1. The number of aromatic nitrogens is 3. The normalized spacial score (nSPS) is 11.0. The van der Waals surface area contributed by atoms with Gasteiger partial charge in [-0.05, 0) is 36.1 Å². The minimum absolute atomic E-state index is 0.0420. The number of carbonyl (C=O) groups excluding carboxylic acids is 1. The van der Waals surface area contributed by atoms with E-state index in [0.717, 1.165) is 45.9 Å². The van der Waals surface area contributed by atoms with Crippen molar-refractivity contribution >= 4 is 28.9 Å². The third-order valence-corrected chi connectivity index (χ3v) is 6.02. The molecule has 0 bridgehead atoms. The topological polar surface area (TPSA) is 59.3 Å². The standard InChI is InChI=1S/C24H24N4OS/c1-3-17-9-11-19(12-10-17)21-15-22-24(25-13-14-28(22)27-21)30-16-23(29)26-20-8-6-5-7-18(20)4-2/h5-15H,3-4,16H2,1-2H3,(H,26,29). The molecule has 30 heavy (non-hydrogen) atoms. The van der Waals surface area contributed by atoms with Crippen LogP contribution in [0.25, 0.3) is 16.8 Å². The number of fused-ring (bicyclic) bond motifs is 1. The van der Waals surface area contributed by atoms with Crippen LogP contribution in [0.2, 0.25) is 0 Å². The van der Waals surface area contributed by atoms with Crippen LogP contribution in [0.15, 0.2) is 72.0 Å². The van der Waals surface area contributed by atoms with Gasteiger partial charge in [-0.25, -0.2) is 9.50 Å². The average molecular weight is 417 g/mol. The van der Waals surface area contributed by atoms with Gasteiger partial charge in [-0.2, -0.15) is 5.10 Å². The number of hydrogen-bond acceptors (Lipinski definition) is 4. The molecule has 1 N–H and O–H groups in total. The number of amides is 1. The van der Waals surface area contributed by atoms with Crippen molar-refractivity contribution in [2.75, 3.05) is 11.1 Å².